The summed E-state index contributed by atoms with van der Waals surface area (Å²) < 4.78 is 48.3. The summed E-state index contributed by atoms with van der Waals surface area (Å²) in [6, 6.07) is 2.85. The Hall–Kier alpha value is -1.68. The average molecular weight is 378 g/mol. The molecule has 2 atom stereocenters. The Morgan fingerprint density at radius 2 is 2.25 bits per heavy atom. The number of nitrogens with zero attached hydrogens (tertiary/aromatic N) is 1. The van der Waals surface area contributed by atoms with Gasteiger partial charge in [-0.3, -0.25) is 4.79 Å². The molecule has 0 saturated carbocycles. The highest BCUT2D eigenvalue weighted by atomic mass is 32.2. The number of hydrogen-bond acceptors (Lipinski definition) is 6. The molecule has 1 aromatic carbocycles. The second kappa shape index (κ2) is 6.67. The Kier molecular flexibility index (Phi) is 4.77. The van der Waals surface area contributed by atoms with E-state index in [1.54, 1.807) is 5.51 Å². The maximum atomic E-state index is 12.3. The predicted octanol–water partition coefficient (Wildman–Crippen LogP) is 3.75. The van der Waals surface area contributed by atoms with Gasteiger partial charge < -0.3 is 14.2 Å². The molecule has 0 radical (unpaired) electrons. The van der Waals surface area contributed by atoms with E-state index in [0.29, 0.717) is 24.2 Å². The Morgan fingerprint density at radius 3 is 2.92 bits per heavy atom. The number of ether oxygens (including phenoxy) is 1. The first-order chi connectivity index (χ1) is 11.3. The molecule has 3 rings (SSSR count). The molecule has 0 bridgehead atoms. The van der Waals surface area contributed by atoms with E-state index in [2.05, 4.69) is 10.3 Å². The molecular formula is C14H13F3N2O3S2. The molecule has 1 aliphatic heterocycles. The topological polar surface area (TPSA) is 60.5 Å². The highest BCUT2D eigenvalue weighted by Gasteiger charge is 2.32. The van der Waals surface area contributed by atoms with E-state index in [0.717, 1.165) is 4.70 Å². The zero-order chi connectivity index (χ0) is 17.3. The molecule has 1 fully saturated rings. The van der Waals surface area contributed by atoms with Crippen LogP contribution in [0.2, 0.25) is 0 Å². The van der Waals surface area contributed by atoms with Crippen LogP contribution in [-0.2, 0) is 4.79 Å². The van der Waals surface area contributed by atoms with Gasteiger partial charge in [0.05, 0.1) is 15.7 Å². The second-order valence-electron chi connectivity index (χ2n) is 5.33. The minimum atomic E-state index is -4.50. The molecule has 1 N–H and O–H groups in total. The number of thiazole rings is 1. The lowest BCUT2D eigenvalue weighted by atomic mass is 10.0. The van der Waals surface area contributed by atoms with E-state index < -0.39 is 17.6 Å². The van der Waals surface area contributed by atoms with E-state index >= 15 is 0 Å². The van der Waals surface area contributed by atoms with Crippen molar-refractivity contribution in [2.45, 2.75) is 25.0 Å². The van der Waals surface area contributed by atoms with Crippen LogP contribution in [0.25, 0.3) is 10.2 Å². The number of carbonyl (C=O) groups is 1. The van der Waals surface area contributed by atoms with Gasteiger partial charge in [-0.2, -0.15) is 13.2 Å². The minimum Gasteiger partial charge on any atom is -0.489 e. The van der Waals surface area contributed by atoms with Gasteiger partial charge in [-0.25, -0.2) is 4.98 Å². The second-order valence-corrected chi connectivity index (χ2v) is 6.98. The largest absolute Gasteiger partial charge is 0.489 e. The van der Waals surface area contributed by atoms with E-state index in [4.69, 9.17) is 8.92 Å². The molecule has 5 nitrogen and oxygen atoms in total. The van der Waals surface area contributed by atoms with Crippen molar-refractivity contribution in [2.75, 3.05) is 6.54 Å². The molecule has 1 amide bonds. The van der Waals surface area contributed by atoms with Gasteiger partial charge in [0, 0.05) is 31.0 Å². The summed E-state index contributed by atoms with van der Waals surface area (Å²) in [4.78, 5) is 15.4. The van der Waals surface area contributed by atoms with E-state index in [1.165, 1.54) is 23.5 Å². The van der Waals surface area contributed by atoms with Crippen molar-refractivity contribution < 1.29 is 26.9 Å². The van der Waals surface area contributed by atoms with E-state index in [-0.39, 0.29) is 23.7 Å². The van der Waals surface area contributed by atoms with Crippen LogP contribution >= 0.6 is 23.4 Å². The first kappa shape index (κ1) is 17.2. The number of carbonyl (C=O) groups excluding carboxylic acids is 1. The Labute approximate surface area is 143 Å². The first-order valence-corrected chi connectivity index (χ1v) is 8.67. The molecule has 10 heteroatoms. The number of nitrogens with one attached hydrogen (secondary N) is 1. The Balaban J connectivity index is 1.80. The lowest BCUT2D eigenvalue weighted by Crippen LogP contribution is -2.25. The zero-order valence-corrected chi connectivity index (χ0v) is 14.1. The number of hydrogen-bond donors (Lipinski definition) is 1. The van der Waals surface area contributed by atoms with E-state index in [1.807, 2.05) is 6.92 Å². The summed E-state index contributed by atoms with van der Waals surface area (Å²) in [5.41, 5.74) is -2.41. The maximum absolute atomic E-state index is 12.3. The van der Waals surface area contributed by atoms with Gasteiger partial charge in [-0.15, -0.1) is 11.3 Å². The number of benzene rings is 1. The van der Waals surface area contributed by atoms with Crippen LogP contribution in [0.3, 0.4) is 0 Å². The standard InChI is InChI=1S/C14H13F3N2O3S2/c1-7(8-2-12(20)18-5-8)21-11-4-9(22-24-14(15,16)17)3-10-13(11)23-6-19-10/h3-4,6-8H,2,5H2,1H3,(H,18,20)/t7-,8-/m1/s1. The van der Waals surface area contributed by atoms with Crippen molar-refractivity contribution >= 4 is 39.5 Å². The normalized spacial score (nSPS) is 19.3. The monoisotopic (exact) mass is 378 g/mol. The molecule has 1 aliphatic rings. The van der Waals surface area contributed by atoms with Crippen molar-refractivity contribution in [3.63, 3.8) is 0 Å². The van der Waals surface area contributed by atoms with Crippen LogP contribution in [0.15, 0.2) is 17.6 Å². The molecule has 1 saturated heterocycles. The number of aromatic nitrogens is 1. The third-order valence-corrected chi connectivity index (χ3v) is 4.91. The van der Waals surface area contributed by atoms with E-state index in [9.17, 15) is 18.0 Å². The average Bonchev–Trinajstić information content (AvgIpc) is 3.13. The van der Waals surface area contributed by atoms with Crippen LogP contribution in [-0.4, -0.2) is 29.0 Å². The predicted molar refractivity (Wildman–Crippen MR) is 85.1 cm³/mol. The highest BCUT2D eigenvalue weighted by molar-refractivity contribution is 7.95. The summed E-state index contributed by atoms with van der Waals surface area (Å²) in [6.45, 7) is 2.35. The smallest absolute Gasteiger partial charge is 0.479 e. The number of rotatable bonds is 5. The van der Waals surface area contributed by atoms with Crippen molar-refractivity contribution in [1.29, 1.82) is 0 Å². The molecule has 1 aromatic heterocycles. The van der Waals surface area contributed by atoms with Gasteiger partial charge in [0.1, 0.15) is 17.6 Å². The molecular weight excluding hydrogens is 365 g/mol. The highest BCUT2D eigenvalue weighted by Crippen LogP contribution is 2.38. The van der Waals surface area contributed by atoms with Crippen molar-refractivity contribution in [1.82, 2.24) is 10.3 Å². The zero-order valence-electron chi connectivity index (χ0n) is 12.4. The van der Waals surface area contributed by atoms with Gasteiger partial charge in [-0.1, -0.05) is 0 Å². The third kappa shape index (κ3) is 4.04. The number of halogens is 3. The fraction of sp³-hybridized carbons (Fsp3) is 0.429. The summed E-state index contributed by atoms with van der Waals surface area (Å²) in [7, 11) is 0. The number of fused-ring (bicyclic) bond motifs is 1. The summed E-state index contributed by atoms with van der Waals surface area (Å²) in [6.07, 6.45) is 0.0902. The van der Waals surface area contributed by atoms with Gasteiger partial charge in [0.25, 0.3) is 0 Å². The molecule has 0 unspecified atom stereocenters. The van der Waals surface area contributed by atoms with Gasteiger partial charge >= 0.3 is 5.51 Å². The van der Waals surface area contributed by atoms with Crippen molar-refractivity contribution in [3.05, 3.63) is 17.6 Å². The number of amides is 1. The SMILES string of the molecule is C[C@@H](Oc1cc(OSC(F)(F)F)cc2ncsc12)[C@H]1CNC(=O)C1. The molecule has 2 heterocycles. The van der Waals surface area contributed by atoms with Crippen LogP contribution in [0.4, 0.5) is 13.2 Å². The van der Waals surface area contributed by atoms with Crippen LogP contribution in [0.1, 0.15) is 13.3 Å². The molecule has 2 aromatic rings. The summed E-state index contributed by atoms with van der Waals surface area (Å²) >= 11 is 0.745. The minimum absolute atomic E-state index is 0.00889. The van der Waals surface area contributed by atoms with Crippen LogP contribution in [0, 0.1) is 5.92 Å². The quantitative estimate of drug-likeness (QED) is 0.803. The molecule has 130 valence electrons. The van der Waals surface area contributed by atoms with Crippen molar-refractivity contribution in [2.24, 2.45) is 5.92 Å². The maximum Gasteiger partial charge on any atom is 0.479 e. The van der Waals surface area contributed by atoms with Crippen LogP contribution in [0.5, 0.6) is 11.5 Å². The third-order valence-electron chi connectivity index (χ3n) is 3.59. The summed E-state index contributed by atoms with van der Waals surface area (Å²) in [5, 5.41) is 2.74. The lowest BCUT2D eigenvalue weighted by molar-refractivity contribution is -0.119. The summed E-state index contributed by atoms with van der Waals surface area (Å²) in [5.74, 6) is 0.393. The Morgan fingerprint density at radius 1 is 1.46 bits per heavy atom. The van der Waals surface area contributed by atoms with Gasteiger partial charge in [0.2, 0.25) is 5.91 Å². The molecule has 24 heavy (non-hydrogen) atoms. The first-order valence-electron chi connectivity index (χ1n) is 7.05. The molecule has 0 aliphatic carbocycles. The van der Waals surface area contributed by atoms with Crippen molar-refractivity contribution in [3.8, 4) is 11.5 Å². The Bertz CT molecular complexity index is 750. The fourth-order valence-electron chi connectivity index (χ4n) is 2.40. The fourth-order valence-corrected chi connectivity index (χ4v) is 3.41. The van der Waals surface area contributed by atoms with Gasteiger partial charge in [0.15, 0.2) is 12.0 Å². The van der Waals surface area contributed by atoms with Crippen LogP contribution < -0.4 is 14.2 Å². The van der Waals surface area contributed by atoms with Gasteiger partial charge in [-0.05, 0) is 6.92 Å². The number of alkyl halides is 3. The molecule has 0 spiro atoms. The lowest BCUT2D eigenvalue weighted by Gasteiger charge is -2.20.